The van der Waals surface area contributed by atoms with Crippen molar-refractivity contribution in [1.82, 2.24) is 0 Å². The molecule has 3 rings (SSSR count). The van der Waals surface area contributed by atoms with E-state index in [1.165, 1.54) is 24.3 Å². The summed E-state index contributed by atoms with van der Waals surface area (Å²) in [6.07, 6.45) is -0.590. The summed E-state index contributed by atoms with van der Waals surface area (Å²) < 4.78 is 0.634. The average molecular weight is 391 g/mol. The maximum absolute atomic E-state index is 12.5. The number of hydrogen-bond donors (Lipinski definition) is 2. The van der Waals surface area contributed by atoms with Crippen LogP contribution in [0.4, 0.5) is 11.4 Å². The summed E-state index contributed by atoms with van der Waals surface area (Å²) in [7, 11) is 0. The molecule has 0 unspecified atom stereocenters. The number of nitro groups is 1. The average Bonchev–Trinajstić information content (AvgIpc) is 2.78. The van der Waals surface area contributed by atoms with Crippen LogP contribution in [0, 0.1) is 10.1 Å². The highest BCUT2D eigenvalue weighted by atomic mass is 79.9. The van der Waals surface area contributed by atoms with Gasteiger partial charge in [-0.1, -0.05) is 28.1 Å². The number of ketones is 1. The van der Waals surface area contributed by atoms with Crippen LogP contribution in [-0.2, 0) is 10.4 Å². The van der Waals surface area contributed by atoms with Gasteiger partial charge in [0.2, 0.25) is 0 Å². The number of Topliss-reactive ketones (excluding diaryl/α,β-unsaturated/α-hetero) is 1. The highest BCUT2D eigenvalue weighted by molar-refractivity contribution is 9.10. The highest BCUT2D eigenvalue weighted by Gasteiger charge is 2.47. The van der Waals surface area contributed by atoms with E-state index in [4.69, 9.17) is 0 Å². The van der Waals surface area contributed by atoms with Crippen molar-refractivity contribution in [3.8, 4) is 0 Å². The second kappa shape index (κ2) is 5.81. The minimum atomic E-state index is -2.07. The van der Waals surface area contributed by atoms with Gasteiger partial charge >= 0.3 is 0 Å². The zero-order valence-corrected chi connectivity index (χ0v) is 13.7. The van der Waals surface area contributed by atoms with E-state index in [1.807, 2.05) is 0 Å². The number of para-hydroxylation sites is 1. The van der Waals surface area contributed by atoms with E-state index >= 15 is 0 Å². The zero-order chi connectivity index (χ0) is 17.5. The molecule has 0 fully saturated rings. The smallest absolute Gasteiger partial charge is 0.280 e. The largest absolute Gasteiger partial charge is 0.375 e. The van der Waals surface area contributed by atoms with Crippen molar-refractivity contribution >= 4 is 39.0 Å². The van der Waals surface area contributed by atoms with Gasteiger partial charge in [-0.05, 0) is 24.3 Å². The molecule has 2 aromatic rings. The Balaban J connectivity index is 2.00. The molecule has 0 aliphatic carbocycles. The first kappa shape index (κ1) is 16.3. The molecule has 2 aromatic carbocycles. The standard InChI is InChI=1S/C16H11BrN2O5/c17-9-5-6-12-11(7-9)16(22,15(21)18-12)8-14(20)10-3-1-2-4-13(10)19(23)24/h1-7,22H,8H2,(H,18,21)/t16-/m0/s1. The fraction of sp³-hybridized carbons (Fsp3) is 0.125. The van der Waals surface area contributed by atoms with Gasteiger partial charge in [-0.25, -0.2) is 0 Å². The SMILES string of the molecule is O=C(C[C@@]1(O)C(=O)Nc2ccc(Br)cc21)c1ccccc1[N+](=O)[O-]. The molecule has 1 aliphatic heterocycles. The molecule has 0 bridgehead atoms. The predicted octanol–water partition coefficient (Wildman–Crippen LogP) is 2.77. The Kier molecular flexibility index (Phi) is 3.94. The number of carbonyl (C=O) groups excluding carboxylic acids is 2. The Labute approximate surface area is 144 Å². The van der Waals surface area contributed by atoms with Gasteiger partial charge in [-0.2, -0.15) is 0 Å². The Morgan fingerprint density at radius 2 is 2.00 bits per heavy atom. The lowest BCUT2D eigenvalue weighted by Gasteiger charge is -2.20. The molecule has 1 heterocycles. The Morgan fingerprint density at radius 3 is 2.71 bits per heavy atom. The van der Waals surface area contributed by atoms with Gasteiger partial charge in [0.25, 0.3) is 11.6 Å². The molecule has 0 spiro atoms. The number of hydrogen-bond acceptors (Lipinski definition) is 5. The topological polar surface area (TPSA) is 110 Å². The molecule has 0 aromatic heterocycles. The van der Waals surface area contributed by atoms with Crippen molar-refractivity contribution in [2.24, 2.45) is 0 Å². The van der Waals surface area contributed by atoms with Crippen LogP contribution in [0.2, 0.25) is 0 Å². The number of nitrogens with one attached hydrogen (secondary N) is 1. The quantitative estimate of drug-likeness (QED) is 0.473. The summed E-state index contributed by atoms with van der Waals surface area (Å²) in [5, 5.41) is 24.3. The second-order valence-corrected chi connectivity index (χ2v) is 6.29. The monoisotopic (exact) mass is 390 g/mol. The molecule has 0 radical (unpaired) electrons. The van der Waals surface area contributed by atoms with Crippen LogP contribution in [0.5, 0.6) is 0 Å². The molecule has 24 heavy (non-hydrogen) atoms. The summed E-state index contributed by atoms with van der Waals surface area (Å²) in [5.74, 6) is -1.42. The molecular weight excluding hydrogens is 380 g/mol. The van der Waals surface area contributed by atoms with Gasteiger partial charge in [0, 0.05) is 21.8 Å². The lowest BCUT2D eigenvalue weighted by atomic mass is 9.88. The van der Waals surface area contributed by atoms with Gasteiger partial charge in [0.15, 0.2) is 11.4 Å². The molecule has 7 nitrogen and oxygen atoms in total. The number of aliphatic hydroxyl groups is 1. The normalized spacial score (nSPS) is 18.8. The molecule has 0 saturated heterocycles. The van der Waals surface area contributed by atoms with Crippen molar-refractivity contribution in [1.29, 1.82) is 0 Å². The fourth-order valence-corrected chi connectivity index (χ4v) is 3.05. The van der Waals surface area contributed by atoms with E-state index < -0.39 is 28.6 Å². The van der Waals surface area contributed by atoms with Crippen LogP contribution in [-0.4, -0.2) is 21.7 Å². The van der Waals surface area contributed by atoms with Gasteiger partial charge < -0.3 is 10.4 Å². The number of nitrogens with zero attached hydrogens (tertiary/aromatic N) is 1. The summed E-state index contributed by atoms with van der Waals surface area (Å²) in [6, 6.07) is 10.3. The maximum Gasteiger partial charge on any atom is 0.280 e. The first-order chi connectivity index (χ1) is 11.3. The van der Waals surface area contributed by atoms with Crippen molar-refractivity contribution in [2.45, 2.75) is 12.0 Å². The van der Waals surface area contributed by atoms with Crippen LogP contribution in [0.15, 0.2) is 46.9 Å². The third kappa shape index (κ3) is 2.59. The van der Waals surface area contributed by atoms with Crippen molar-refractivity contribution in [3.63, 3.8) is 0 Å². The van der Waals surface area contributed by atoms with Crippen LogP contribution >= 0.6 is 15.9 Å². The number of halogens is 1. The molecule has 2 N–H and O–H groups in total. The minimum Gasteiger partial charge on any atom is -0.375 e. The fourth-order valence-electron chi connectivity index (χ4n) is 2.69. The maximum atomic E-state index is 12.5. The third-order valence-corrected chi connectivity index (χ3v) is 4.36. The summed E-state index contributed by atoms with van der Waals surface area (Å²) in [6.45, 7) is 0. The van der Waals surface area contributed by atoms with Crippen LogP contribution in [0.1, 0.15) is 22.3 Å². The molecule has 122 valence electrons. The Hall–Kier alpha value is -2.58. The van der Waals surface area contributed by atoms with Crippen molar-refractivity contribution < 1.29 is 19.6 Å². The van der Waals surface area contributed by atoms with Gasteiger partial charge in [-0.15, -0.1) is 0 Å². The van der Waals surface area contributed by atoms with Crippen molar-refractivity contribution in [3.05, 3.63) is 68.2 Å². The number of carbonyl (C=O) groups is 2. The summed E-state index contributed by atoms with van der Waals surface area (Å²) in [5.41, 5.74) is -1.92. The lowest BCUT2D eigenvalue weighted by molar-refractivity contribution is -0.385. The third-order valence-electron chi connectivity index (χ3n) is 3.87. The van der Waals surface area contributed by atoms with E-state index in [9.17, 15) is 24.8 Å². The van der Waals surface area contributed by atoms with E-state index in [2.05, 4.69) is 21.2 Å². The number of benzene rings is 2. The first-order valence-electron chi connectivity index (χ1n) is 6.93. The van der Waals surface area contributed by atoms with Crippen LogP contribution < -0.4 is 5.32 Å². The summed E-state index contributed by atoms with van der Waals surface area (Å²) >= 11 is 3.25. The molecule has 1 atom stereocenters. The zero-order valence-electron chi connectivity index (χ0n) is 12.2. The Bertz CT molecular complexity index is 883. The molecular formula is C16H11BrN2O5. The lowest BCUT2D eigenvalue weighted by Crippen LogP contribution is -2.36. The van der Waals surface area contributed by atoms with Crippen LogP contribution in [0.25, 0.3) is 0 Å². The van der Waals surface area contributed by atoms with E-state index in [1.54, 1.807) is 18.2 Å². The van der Waals surface area contributed by atoms with Gasteiger partial charge in [0.05, 0.1) is 16.9 Å². The Morgan fingerprint density at radius 1 is 1.29 bits per heavy atom. The number of fused-ring (bicyclic) bond motifs is 1. The molecule has 8 heteroatoms. The van der Waals surface area contributed by atoms with Crippen LogP contribution in [0.3, 0.4) is 0 Å². The number of anilines is 1. The number of nitro benzene ring substituents is 1. The van der Waals surface area contributed by atoms with Gasteiger partial charge in [-0.3, -0.25) is 19.7 Å². The number of amides is 1. The van der Waals surface area contributed by atoms with E-state index in [0.29, 0.717) is 10.2 Å². The van der Waals surface area contributed by atoms with E-state index in [-0.39, 0.29) is 16.8 Å². The number of rotatable bonds is 4. The van der Waals surface area contributed by atoms with Crippen molar-refractivity contribution in [2.75, 3.05) is 5.32 Å². The molecule has 1 aliphatic rings. The first-order valence-corrected chi connectivity index (χ1v) is 7.73. The highest BCUT2D eigenvalue weighted by Crippen LogP contribution is 2.40. The van der Waals surface area contributed by atoms with E-state index in [0.717, 1.165) is 0 Å². The molecule has 1 amide bonds. The van der Waals surface area contributed by atoms with Gasteiger partial charge in [0.1, 0.15) is 0 Å². The molecule has 0 saturated carbocycles. The minimum absolute atomic E-state index is 0.146. The predicted molar refractivity (Wildman–Crippen MR) is 88.7 cm³/mol. The summed E-state index contributed by atoms with van der Waals surface area (Å²) in [4.78, 5) is 35.1. The second-order valence-electron chi connectivity index (χ2n) is 5.38.